The van der Waals surface area contributed by atoms with Gasteiger partial charge in [-0.15, -0.1) is 0 Å². The molecule has 0 bridgehead atoms. The van der Waals surface area contributed by atoms with E-state index < -0.39 is 11.5 Å². The lowest BCUT2D eigenvalue weighted by atomic mass is 10.0. The number of pyridine rings is 2. The summed E-state index contributed by atoms with van der Waals surface area (Å²) in [7, 11) is 0. The number of benzene rings is 1. The van der Waals surface area contributed by atoms with Gasteiger partial charge in [-0.3, -0.25) is 9.78 Å². The third-order valence-electron chi connectivity index (χ3n) is 8.01. The van der Waals surface area contributed by atoms with E-state index in [1.807, 2.05) is 38.7 Å². The van der Waals surface area contributed by atoms with Crippen LogP contribution in [0.3, 0.4) is 0 Å². The number of carbonyl (C=O) groups excluding carboxylic acids is 1. The summed E-state index contributed by atoms with van der Waals surface area (Å²) >= 11 is 6.90. The van der Waals surface area contributed by atoms with Crippen LogP contribution in [-0.4, -0.2) is 69.2 Å². The molecule has 1 fully saturated rings. The molecule has 1 amide bonds. The van der Waals surface area contributed by atoms with Crippen molar-refractivity contribution in [3.05, 3.63) is 75.7 Å². The van der Waals surface area contributed by atoms with E-state index in [1.54, 1.807) is 17.2 Å². The zero-order chi connectivity index (χ0) is 31.3. The smallest absolute Gasteiger partial charge is 0.355 e. The summed E-state index contributed by atoms with van der Waals surface area (Å²) in [4.78, 5) is 44.2. The second-order valence-electron chi connectivity index (χ2n) is 11.2. The van der Waals surface area contributed by atoms with Crippen LogP contribution in [0.4, 0.5) is 10.2 Å². The van der Waals surface area contributed by atoms with Crippen molar-refractivity contribution in [2.45, 2.75) is 39.7 Å². The zero-order valence-corrected chi connectivity index (χ0v) is 25.7. The highest BCUT2D eigenvalue weighted by atomic mass is 35.5. The van der Waals surface area contributed by atoms with Gasteiger partial charge in [-0.25, -0.2) is 18.7 Å². The minimum atomic E-state index is -0.594. The summed E-state index contributed by atoms with van der Waals surface area (Å²) in [6, 6.07) is 6.08. The summed E-state index contributed by atoms with van der Waals surface area (Å²) in [5.41, 5.74) is 1.86. The molecule has 0 spiro atoms. The number of anilines is 1. The molecule has 1 aromatic carbocycles. The quantitative estimate of drug-likeness (QED) is 0.286. The van der Waals surface area contributed by atoms with Crippen molar-refractivity contribution >= 4 is 34.4 Å². The van der Waals surface area contributed by atoms with Crippen molar-refractivity contribution < 1.29 is 18.7 Å². The standard InChI is InChI=1S/C32H32ClFN6O4/c1-6-24(41)38-11-12-39(19(5)16-38)30-20-15-21(33)27(25-22(34)7-8-23-29(25)44-14-13-43-23)36-31(20)40(32(42)37-30)28-18(4)9-10-35-26(28)17(2)3/h6-10,15,17,19H,1,11-14,16H2,2-5H3/t19-/m0/s1. The van der Waals surface area contributed by atoms with Gasteiger partial charge in [0, 0.05) is 31.9 Å². The number of hydrogen-bond acceptors (Lipinski definition) is 8. The van der Waals surface area contributed by atoms with Crippen LogP contribution >= 0.6 is 11.6 Å². The molecule has 0 N–H and O–H groups in total. The van der Waals surface area contributed by atoms with Crippen molar-refractivity contribution in [3.8, 4) is 28.4 Å². The third-order valence-corrected chi connectivity index (χ3v) is 8.29. The molecule has 1 saturated heterocycles. The van der Waals surface area contributed by atoms with E-state index in [-0.39, 0.29) is 52.2 Å². The number of ether oxygens (including phenoxy) is 2. The molecule has 2 aliphatic heterocycles. The Morgan fingerprint density at radius 1 is 1.18 bits per heavy atom. The van der Waals surface area contributed by atoms with Crippen molar-refractivity contribution in [2.75, 3.05) is 37.7 Å². The average Bonchev–Trinajstić information content (AvgIpc) is 3.01. The second kappa shape index (κ2) is 11.5. The number of rotatable bonds is 5. The van der Waals surface area contributed by atoms with Crippen LogP contribution in [0.15, 0.2) is 47.9 Å². The van der Waals surface area contributed by atoms with E-state index in [9.17, 15) is 9.59 Å². The molecule has 6 rings (SSSR count). The van der Waals surface area contributed by atoms with Gasteiger partial charge >= 0.3 is 5.69 Å². The van der Waals surface area contributed by atoms with Crippen LogP contribution in [0.2, 0.25) is 5.02 Å². The van der Waals surface area contributed by atoms with Crippen molar-refractivity contribution in [3.63, 3.8) is 0 Å². The number of carbonyl (C=O) groups is 1. The molecule has 0 aliphatic carbocycles. The highest BCUT2D eigenvalue weighted by Gasteiger charge is 2.31. The lowest BCUT2D eigenvalue weighted by Crippen LogP contribution is -2.54. The molecular weight excluding hydrogens is 587 g/mol. The second-order valence-corrected chi connectivity index (χ2v) is 11.6. The van der Waals surface area contributed by atoms with Crippen LogP contribution in [0.5, 0.6) is 11.5 Å². The maximum Gasteiger partial charge on any atom is 0.355 e. The fraction of sp³-hybridized carbons (Fsp3) is 0.344. The van der Waals surface area contributed by atoms with Crippen molar-refractivity contribution in [2.24, 2.45) is 0 Å². The largest absolute Gasteiger partial charge is 0.486 e. The first-order valence-corrected chi connectivity index (χ1v) is 14.8. The van der Waals surface area contributed by atoms with Crippen LogP contribution in [0.25, 0.3) is 28.0 Å². The average molecular weight is 619 g/mol. The molecule has 0 saturated carbocycles. The van der Waals surface area contributed by atoms with Gasteiger partial charge in [0.25, 0.3) is 0 Å². The molecule has 0 radical (unpaired) electrons. The first-order chi connectivity index (χ1) is 21.1. The number of fused-ring (bicyclic) bond motifs is 2. The molecule has 12 heteroatoms. The highest BCUT2D eigenvalue weighted by Crippen LogP contribution is 2.44. The Kier molecular flexibility index (Phi) is 7.75. The number of hydrogen-bond donors (Lipinski definition) is 0. The summed E-state index contributed by atoms with van der Waals surface area (Å²) < 4.78 is 28.5. The topological polar surface area (TPSA) is 103 Å². The van der Waals surface area contributed by atoms with Gasteiger partial charge in [-0.2, -0.15) is 4.98 Å². The van der Waals surface area contributed by atoms with Gasteiger partial charge in [0.15, 0.2) is 17.1 Å². The van der Waals surface area contributed by atoms with E-state index in [0.29, 0.717) is 54.6 Å². The first-order valence-electron chi connectivity index (χ1n) is 14.5. The van der Waals surface area contributed by atoms with Gasteiger partial charge in [-0.05, 0) is 55.7 Å². The summed E-state index contributed by atoms with van der Waals surface area (Å²) in [6.45, 7) is 13.2. The molecular formula is C32H32ClFN6O4. The molecule has 1 atom stereocenters. The zero-order valence-electron chi connectivity index (χ0n) is 24.9. The maximum atomic E-state index is 15.6. The van der Waals surface area contributed by atoms with Crippen LogP contribution in [0, 0.1) is 12.7 Å². The molecule has 228 valence electrons. The maximum absolute atomic E-state index is 15.6. The van der Waals surface area contributed by atoms with E-state index in [2.05, 4.69) is 16.5 Å². The number of nitrogens with zero attached hydrogens (tertiary/aromatic N) is 6. The van der Waals surface area contributed by atoms with E-state index in [0.717, 1.165) is 5.56 Å². The van der Waals surface area contributed by atoms with Gasteiger partial charge < -0.3 is 19.3 Å². The Balaban J connectivity index is 1.65. The summed E-state index contributed by atoms with van der Waals surface area (Å²) in [6.07, 6.45) is 2.99. The van der Waals surface area contributed by atoms with Crippen LogP contribution < -0.4 is 20.1 Å². The Bertz CT molecular complexity index is 1880. The Morgan fingerprint density at radius 2 is 1.95 bits per heavy atom. The van der Waals surface area contributed by atoms with Crippen LogP contribution in [-0.2, 0) is 4.79 Å². The van der Waals surface area contributed by atoms with E-state index >= 15 is 4.39 Å². The predicted octanol–water partition coefficient (Wildman–Crippen LogP) is 5.06. The monoisotopic (exact) mass is 618 g/mol. The fourth-order valence-electron chi connectivity index (χ4n) is 5.90. The van der Waals surface area contributed by atoms with Crippen molar-refractivity contribution in [1.82, 2.24) is 24.4 Å². The molecule has 0 unspecified atom stereocenters. The fourth-order valence-corrected chi connectivity index (χ4v) is 6.15. The summed E-state index contributed by atoms with van der Waals surface area (Å²) in [5.74, 6) is 0.172. The Morgan fingerprint density at radius 3 is 2.68 bits per heavy atom. The molecule has 4 aromatic rings. The van der Waals surface area contributed by atoms with Gasteiger partial charge in [-0.1, -0.05) is 32.0 Å². The third kappa shape index (κ3) is 4.94. The van der Waals surface area contributed by atoms with Crippen LogP contribution in [0.1, 0.15) is 37.9 Å². The van der Waals surface area contributed by atoms with E-state index in [1.165, 1.54) is 22.8 Å². The number of halogens is 2. The molecule has 10 nitrogen and oxygen atoms in total. The Labute approximate surface area is 258 Å². The highest BCUT2D eigenvalue weighted by molar-refractivity contribution is 6.34. The predicted molar refractivity (Wildman–Crippen MR) is 167 cm³/mol. The van der Waals surface area contributed by atoms with Gasteiger partial charge in [0.05, 0.1) is 33.0 Å². The lowest BCUT2D eigenvalue weighted by molar-refractivity contribution is -0.126. The number of amides is 1. The normalized spacial score (nSPS) is 16.5. The molecule has 2 aliphatic rings. The minimum absolute atomic E-state index is 0.0297. The summed E-state index contributed by atoms with van der Waals surface area (Å²) in [5, 5.41) is 0.640. The molecule has 44 heavy (non-hydrogen) atoms. The SMILES string of the molecule is C=CC(=O)N1CCN(c2nc(=O)n(-c3c(C)ccnc3C(C)C)c3nc(-c4c(F)ccc5c4OCCO5)c(Cl)cc23)[C@@H](C)C1. The van der Waals surface area contributed by atoms with Gasteiger partial charge in [0.2, 0.25) is 5.91 Å². The van der Waals surface area contributed by atoms with Crippen molar-refractivity contribution in [1.29, 1.82) is 0 Å². The van der Waals surface area contributed by atoms with E-state index in [4.69, 9.17) is 26.1 Å². The number of piperazine rings is 1. The molecule has 3 aromatic heterocycles. The lowest BCUT2D eigenvalue weighted by Gasteiger charge is -2.40. The minimum Gasteiger partial charge on any atom is -0.486 e. The van der Waals surface area contributed by atoms with Gasteiger partial charge in [0.1, 0.15) is 24.8 Å². The number of aromatic nitrogens is 4. The number of aryl methyl sites for hydroxylation is 1. The molecule has 5 heterocycles. The Hall–Kier alpha value is -4.51. The first kappa shape index (κ1) is 29.6.